The van der Waals surface area contributed by atoms with Gasteiger partial charge in [0.1, 0.15) is 0 Å². The summed E-state index contributed by atoms with van der Waals surface area (Å²) in [5.74, 6) is 1.04. The normalized spacial score (nSPS) is 13.4. The van der Waals surface area contributed by atoms with E-state index < -0.39 is 17.3 Å². The minimum absolute atomic E-state index is 0.0865. The molecule has 0 saturated heterocycles. The maximum Gasteiger partial charge on any atom is 0.418 e. The number of aromatic nitrogens is 2. The molecule has 1 aromatic heterocycles. The topological polar surface area (TPSA) is 91.8 Å². The van der Waals surface area contributed by atoms with Gasteiger partial charge in [0.2, 0.25) is 6.79 Å². The van der Waals surface area contributed by atoms with E-state index in [1.165, 1.54) is 18.2 Å². The average Bonchev–Trinajstić information content (AvgIpc) is 3.25. The Labute approximate surface area is 149 Å². The van der Waals surface area contributed by atoms with Crippen molar-refractivity contribution in [3.8, 4) is 22.8 Å². The van der Waals surface area contributed by atoms with E-state index in [9.17, 15) is 18.0 Å². The fourth-order valence-electron chi connectivity index (χ4n) is 2.61. The first-order valence-electron chi connectivity index (χ1n) is 7.72. The van der Waals surface area contributed by atoms with Gasteiger partial charge in [-0.25, -0.2) is 0 Å². The van der Waals surface area contributed by atoms with Gasteiger partial charge in [0.15, 0.2) is 17.2 Å². The molecule has 0 atom stereocenters. The van der Waals surface area contributed by atoms with Crippen molar-refractivity contribution in [3.05, 3.63) is 58.4 Å². The zero-order chi connectivity index (χ0) is 19.0. The molecule has 4 rings (SSSR count). The first kappa shape index (κ1) is 16.9. The minimum atomic E-state index is -4.58. The molecule has 2 heterocycles. The number of rotatable bonds is 3. The van der Waals surface area contributed by atoms with Crippen LogP contribution in [0.3, 0.4) is 0 Å². The molecule has 27 heavy (non-hydrogen) atoms. The van der Waals surface area contributed by atoms with Gasteiger partial charge in [-0.2, -0.15) is 13.2 Å². The first-order chi connectivity index (χ1) is 12.9. The third-order valence-electron chi connectivity index (χ3n) is 3.88. The van der Waals surface area contributed by atoms with Crippen LogP contribution < -0.4 is 15.0 Å². The highest BCUT2D eigenvalue weighted by atomic mass is 19.4. The SMILES string of the molecule is O=c1[nH][nH]c(-c2ccc3c(c2)OCO3)c1N=Nc1ccccc1C(F)(F)F. The molecule has 1 aliphatic heterocycles. The second kappa shape index (κ2) is 6.31. The lowest BCUT2D eigenvalue weighted by atomic mass is 10.1. The standard InChI is InChI=1S/C17H11F3N4O3/c18-17(19,20)10-3-1-2-4-11(10)21-23-15-14(22-24-16(15)25)9-5-6-12-13(7-9)27-8-26-12/h1-7H,8H2,(H2,22,24,25). The third-order valence-corrected chi connectivity index (χ3v) is 3.88. The molecule has 0 spiro atoms. The molecule has 0 aliphatic carbocycles. The summed E-state index contributed by atoms with van der Waals surface area (Å²) < 4.78 is 49.7. The third kappa shape index (κ3) is 3.16. The van der Waals surface area contributed by atoms with E-state index in [1.54, 1.807) is 18.2 Å². The maximum atomic E-state index is 13.1. The van der Waals surface area contributed by atoms with Crippen LogP contribution in [-0.2, 0) is 6.18 Å². The predicted molar refractivity (Wildman–Crippen MR) is 88.6 cm³/mol. The molecule has 2 N–H and O–H groups in total. The summed E-state index contributed by atoms with van der Waals surface area (Å²) >= 11 is 0. The molecule has 3 aromatic rings. The number of ether oxygens (including phenoxy) is 2. The van der Waals surface area contributed by atoms with Gasteiger partial charge in [-0.1, -0.05) is 12.1 Å². The number of nitrogens with zero attached hydrogens (tertiary/aromatic N) is 2. The number of hydrogen-bond acceptors (Lipinski definition) is 5. The van der Waals surface area contributed by atoms with E-state index in [-0.39, 0.29) is 23.9 Å². The molecule has 7 nitrogen and oxygen atoms in total. The van der Waals surface area contributed by atoms with Crippen LogP contribution >= 0.6 is 0 Å². The van der Waals surface area contributed by atoms with Crippen LogP contribution in [0.2, 0.25) is 0 Å². The van der Waals surface area contributed by atoms with Crippen molar-refractivity contribution in [1.82, 2.24) is 10.2 Å². The minimum Gasteiger partial charge on any atom is -0.454 e. The molecule has 1 aliphatic rings. The van der Waals surface area contributed by atoms with Crippen LogP contribution in [0.5, 0.6) is 11.5 Å². The van der Waals surface area contributed by atoms with Gasteiger partial charge in [0.05, 0.1) is 16.9 Å². The summed E-state index contributed by atoms with van der Waals surface area (Å²) in [5.41, 5.74) is -1.28. The molecule has 10 heteroatoms. The summed E-state index contributed by atoms with van der Waals surface area (Å²) in [5, 5.41) is 12.4. The molecule has 2 aromatic carbocycles. The molecule has 0 bridgehead atoms. The summed E-state index contributed by atoms with van der Waals surface area (Å²) in [6.07, 6.45) is -4.58. The lowest BCUT2D eigenvalue weighted by Crippen LogP contribution is -2.04. The van der Waals surface area contributed by atoms with Gasteiger partial charge >= 0.3 is 6.18 Å². The fourth-order valence-corrected chi connectivity index (χ4v) is 2.61. The predicted octanol–water partition coefficient (Wildman–Crippen LogP) is 4.53. The van der Waals surface area contributed by atoms with E-state index in [0.29, 0.717) is 17.1 Å². The van der Waals surface area contributed by atoms with Crippen molar-refractivity contribution in [2.24, 2.45) is 10.2 Å². The summed E-state index contributed by atoms with van der Waals surface area (Å²) in [6, 6.07) is 9.68. The monoisotopic (exact) mass is 376 g/mol. The molecule has 138 valence electrons. The average molecular weight is 376 g/mol. The smallest absolute Gasteiger partial charge is 0.418 e. The highest BCUT2D eigenvalue weighted by Gasteiger charge is 2.33. The van der Waals surface area contributed by atoms with Crippen LogP contribution in [0, 0.1) is 0 Å². The number of fused-ring (bicyclic) bond motifs is 1. The molecule has 0 unspecified atom stereocenters. The van der Waals surface area contributed by atoms with Gasteiger partial charge in [0, 0.05) is 5.56 Å². The Bertz CT molecular complexity index is 1090. The number of H-pyrrole nitrogens is 2. The second-order valence-corrected chi connectivity index (χ2v) is 5.59. The molecule has 0 radical (unpaired) electrons. The van der Waals surface area contributed by atoms with Gasteiger partial charge < -0.3 is 9.47 Å². The molecule has 0 amide bonds. The molecule has 0 fully saturated rings. The number of azo groups is 1. The Morgan fingerprint density at radius 2 is 1.74 bits per heavy atom. The quantitative estimate of drug-likeness (QED) is 0.658. The Balaban J connectivity index is 1.74. The largest absolute Gasteiger partial charge is 0.454 e. The van der Waals surface area contributed by atoms with E-state index >= 15 is 0 Å². The Hall–Kier alpha value is -3.56. The number of benzene rings is 2. The number of hydrogen-bond donors (Lipinski definition) is 2. The van der Waals surface area contributed by atoms with Crippen molar-refractivity contribution in [3.63, 3.8) is 0 Å². The summed E-state index contributed by atoms with van der Waals surface area (Å²) in [4.78, 5) is 12.0. The zero-order valence-electron chi connectivity index (χ0n) is 13.5. The van der Waals surface area contributed by atoms with E-state index in [0.717, 1.165) is 6.07 Å². The van der Waals surface area contributed by atoms with Gasteiger partial charge in [0.25, 0.3) is 5.56 Å². The Morgan fingerprint density at radius 1 is 0.963 bits per heavy atom. The Morgan fingerprint density at radius 3 is 2.56 bits per heavy atom. The van der Waals surface area contributed by atoms with Crippen molar-refractivity contribution in [2.45, 2.75) is 6.18 Å². The van der Waals surface area contributed by atoms with Crippen LogP contribution in [-0.4, -0.2) is 17.0 Å². The van der Waals surface area contributed by atoms with Crippen molar-refractivity contribution in [2.75, 3.05) is 6.79 Å². The van der Waals surface area contributed by atoms with Gasteiger partial charge in [-0.15, -0.1) is 10.2 Å². The maximum absolute atomic E-state index is 13.1. The van der Waals surface area contributed by atoms with Crippen molar-refractivity contribution >= 4 is 11.4 Å². The van der Waals surface area contributed by atoms with Gasteiger partial charge in [-0.05, 0) is 30.3 Å². The Kier molecular flexibility index (Phi) is 3.94. The molecular formula is C17H11F3N4O3. The second-order valence-electron chi connectivity index (χ2n) is 5.59. The fraction of sp³-hybridized carbons (Fsp3) is 0.118. The van der Waals surface area contributed by atoms with E-state index in [2.05, 4.69) is 20.4 Å². The number of halogens is 3. The number of alkyl halides is 3. The molecule has 0 saturated carbocycles. The number of aromatic amines is 2. The van der Waals surface area contributed by atoms with Crippen molar-refractivity contribution in [1.29, 1.82) is 0 Å². The van der Waals surface area contributed by atoms with Crippen LogP contribution in [0.1, 0.15) is 5.56 Å². The molecular weight excluding hydrogens is 365 g/mol. The first-order valence-corrected chi connectivity index (χ1v) is 7.72. The van der Waals surface area contributed by atoms with E-state index in [4.69, 9.17) is 9.47 Å². The zero-order valence-corrected chi connectivity index (χ0v) is 13.5. The van der Waals surface area contributed by atoms with Crippen LogP contribution in [0.25, 0.3) is 11.3 Å². The lowest BCUT2D eigenvalue weighted by molar-refractivity contribution is -0.137. The lowest BCUT2D eigenvalue weighted by Gasteiger charge is -2.08. The number of nitrogens with one attached hydrogen (secondary N) is 2. The highest BCUT2D eigenvalue weighted by Crippen LogP contribution is 2.39. The highest BCUT2D eigenvalue weighted by molar-refractivity contribution is 5.73. The van der Waals surface area contributed by atoms with Crippen LogP contribution in [0.15, 0.2) is 57.5 Å². The summed E-state index contributed by atoms with van der Waals surface area (Å²) in [6.45, 7) is 0.0865. The van der Waals surface area contributed by atoms with Gasteiger partial charge in [-0.3, -0.25) is 15.0 Å². The van der Waals surface area contributed by atoms with Crippen molar-refractivity contribution < 1.29 is 22.6 Å². The summed E-state index contributed by atoms with van der Waals surface area (Å²) in [7, 11) is 0. The van der Waals surface area contributed by atoms with Crippen LogP contribution in [0.4, 0.5) is 24.5 Å². The van der Waals surface area contributed by atoms with E-state index in [1.807, 2.05) is 0 Å².